The Hall–Kier alpha value is -0.740. The lowest BCUT2D eigenvalue weighted by Crippen LogP contribution is -2.03. The Morgan fingerprint density at radius 3 is 2.50 bits per heavy atom. The van der Waals surface area contributed by atoms with E-state index in [4.69, 9.17) is 9.47 Å². The van der Waals surface area contributed by atoms with Crippen molar-refractivity contribution in [1.82, 2.24) is 0 Å². The predicted molar refractivity (Wildman–Crippen MR) is 70.1 cm³/mol. The highest BCUT2D eigenvalue weighted by Gasteiger charge is 2.14. The standard InChI is InChI=1S/C14H24F2O2/c1-13(8-6-9-14(2,15)16)7-4-5-10-18-12-11-17-3/h6,8-9H,4-5,7,10-12H2,1-3H3/b9-6+,13-8+. The Morgan fingerprint density at radius 1 is 1.17 bits per heavy atom. The summed E-state index contributed by atoms with van der Waals surface area (Å²) in [5.41, 5.74) is 1.10. The average molecular weight is 262 g/mol. The van der Waals surface area contributed by atoms with Gasteiger partial charge in [-0.3, -0.25) is 0 Å². The fourth-order valence-electron chi connectivity index (χ4n) is 1.32. The van der Waals surface area contributed by atoms with Crippen LogP contribution in [0.25, 0.3) is 0 Å². The van der Waals surface area contributed by atoms with Gasteiger partial charge in [-0.15, -0.1) is 0 Å². The van der Waals surface area contributed by atoms with Crippen LogP contribution < -0.4 is 0 Å². The van der Waals surface area contributed by atoms with Crippen LogP contribution in [0.5, 0.6) is 0 Å². The molecule has 0 heterocycles. The van der Waals surface area contributed by atoms with Gasteiger partial charge in [-0.1, -0.05) is 17.7 Å². The third-order valence-electron chi connectivity index (χ3n) is 2.31. The molecule has 0 saturated heterocycles. The Kier molecular flexibility index (Phi) is 9.79. The Bertz CT molecular complexity index is 255. The summed E-state index contributed by atoms with van der Waals surface area (Å²) >= 11 is 0. The lowest BCUT2D eigenvalue weighted by atomic mass is 10.1. The van der Waals surface area contributed by atoms with Gasteiger partial charge in [0.05, 0.1) is 13.2 Å². The molecule has 18 heavy (non-hydrogen) atoms. The smallest absolute Gasteiger partial charge is 0.264 e. The first-order chi connectivity index (χ1) is 8.45. The van der Waals surface area contributed by atoms with Gasteiger partial charge in [0.1, 0.15) is 0 Å². The molecule has 0 saturated carbocycles. The lowest BCUT2D eigenvalue weighted by Gasteiger charge is -2.04. The van der Waals surface area contributed by atoms with E-state index in [9.17, 15) is 8.78 Å². The van der Waals surface area contributed by atoms with Crippen LogP contribution in [-0.4, -0.2) is 32.9 Å². The molecule has 0 unspecified atom stereocenters. The molecule has 2 nitrogen and oxygen atoms in total. The topological polar surface area (TPSA) is 18.5 Å². The van der Waals surface area contributed by atoms with Gasteiger partial charge in [-0.05, 0) is 32.3 Å². The first kappa shape index (κ1) is 17.3. The number of hydrogen-bond donors (Lipinski definition) is 0. The molecule has 0 aliphatic rings. The molecule has 106 valence electrons. The van der Waals surface area contributed by atoms with Crippen LogP contribution in [0.1, 0.15) is 33.1 Å². The van der Waals surface area contributed by atoms with E-state index < -0.39 is 5.92 Å². The van der Waals surface area contributed by atoms with Crippen LogP contribution in [0, 0.1) is 0 Å². The number of unbranched alkanes of at least 4 members (excludes halogenated alkanes) is 1. The number of hydrogen-bond acceptors (Lipinski definition) is 2. The molecule has 0 fully saturated rings. The van der Waals surface area contributed by atoms with E-state index in [0.717, 1.165) is 44.4 Å². The summed E-state index contributed by atoms with van der Waals surface area (Å²) in [6.07, 6.45) is 6.96. The first-order valence-electron chi connectivity index (χ1n) is 6.25. The van der Waals surface area contributed by atoms with Gasteiger partial charge < -0.3 is 9.47 Å². The first-order valence-corrected chi connectivity index (χ1v) is 6.25. The third kappa shape index (κ3) is 13.3. The average Bonchev–Trinajstić information content (AvgIpc) is 2.26. The van der Waals surface area contributed by atoms with Crippen molar-refractivity contribution in [3.63, 3.8) is 0 Å². The predicted octanol–water partition coefficient (Wildman–Crippen LogP) is 3.98. The van der Waals surface area contributed by atoms with E-state index in [0.29, 0.717) is 13.2 Å². The molecule has 0 spiro atoms. The third-order valence-corrected chi connectivity index (χ3v) is 2.31. The minimum atomic E-state index is -2.73. The number of methoxy groups -OCH3 is 1. The van der Waals surface area contributed by atoms with Gasteiger partial charge in [-0.2, -0.15) is 0 Å². The number of rotatable bonds is 10. The van der Waals surface area contributed by atoms with Crippen LogP contribution in [0.15, 0.2) is 23.8 Å². The fourth-order valence-corrected chi connectivity index (χ4v) is 1.32. The van der Waals surface area contributed by atoms with Gasteiger partial charge >= 0.3 is 0 Å². The Balaban J connectivity index is 3.55. The Labute approximate surface area is 109 Å². The number of halogens is 2. The van der Waals surface area contributed by atoms with Crippen molar-refractivity contribution < 1.29 is 18.3 Å². The molecule has 0 aromatic carbocycles. The zero-order chi connectivity index (χ0) is 13.9. The summed E-state index contributed by atoms with van der Waals surface area (Å²) < 4.78 is 35.1. The molecule has 0 aromatic heterocycles. The van der Waals surface area contributed by atoms with Crippen LogP contribution in [0.4, 0.5) is 8.78 Å². The molecular formula is C14H24F2O2. The summed E-state index contributed by atoms with van der Waals surface area (Å²) in [6.45, 7) is 4.79. The monoisotopic (exact) mass is 262 g/mol. The number of ether oxygens (including phenoxy) is 2. The minimum absolute atomic E-state index is 0.620. The van der Waals surface area contributed by atoms with E-state index in [1.54, 1.807) is 13.2 Å². The number of alkyl halides is 2. The molecule has 0 bridgehead atoms. The molecule has 0 aliphatic carbocycles. The molecule has 0 aliphatic heterocycles. The summed E-state index contributed by atoms with van der Waals surface area (Å²) in [5.74, 6) is -2.73. The van der Waals surface area contributed by atoms with Crippen molar-refractivity contribution in [2.75, 3.05) is 26.9 Å². The van der Waals surface area contributed by atoms with Gasteiger partial charge in [0, 0.05) is 20.6 Å². The fraction of sp³-hybridized carbons (Fsp3) is 0.714. The SMILES string of the molecule is COCCOCCCC/C(C)=C/C=C/C(C)(F)F. The van der Waals surface area contributed by atoms with E-state index in [2.05, 4.69) is 0 Å². The van der Waals surface area contributed by atoms with Crippen molar-refractivity contribution in [2.24, 2.45) is 0 Å². The maximum Gasteiger partial charge on any atom is 0.264 e. The zero-order valence-corrected chi connectivity index (χ0v) is 11.5. The molecule has 0 N–H and O–H groups in total. The second kappa shape index (κ2) is 10.2. The maximum absolute atomic E-state index is 12.5. The molecule has 0 aromatic rings. The molecule has 4 heteroatoms. The quantitative estimate of drug-likeness (QED) is 0.438. The largest absolute Gasteiger partial charge is 0.382 e. The van der Waals surface area contributed by atoms with Gasteiger partial charge in [0.2, 0.25) is 0 Å². The van der Waals surface area contributed by atoms with Gasteiger partial charge in [0.25, 0.3) is 5.92 Å². The maximum atomic E-state index is 12.5. The summed E-state index contributed by atoms with van der Waals surface area (Å²) in [4.78, 5) is 0. The van der Waals surface area contributed by atoms with E-state index in [-0.39, 0.29) is 0 Å². The molecule has 0 amide bonds. The van der Waals surface area contributed by atoms with Crippen LogP contribution in [0.3, 0.4) is 0 Å². The van der Waals surface area contributed by atoms with E-state index in [1.165, 1.54) is 6.08 Å². The molecule has 0 radical (unpaired) electrons. The van der Waals surface area contributed by atoms with Crippen LogP contribution in [-0.2, 0) is 9.47 Å². The van der Waals surface area contributed by atoms with Crippen molar-refractivity contribution in [2.45, 2.75) is 39.0 Å². The zero-order valence-electron chi connectivity index (χ0n) is 11.5. The highest BCUT2D eigenvalue weighted by atomic mass is 19.3. The number of allylic oxidation sites excluding steroid dienone is 4. The van der Waals surface area contributed by atoms with Crippen molar-refractivity contribution in [1.29, 1.82) is 0 Å². The van der Waals surface area contributed by atoms with Crippen molar-refractivity contribution >= 4 is 0 Å². The summed E-state index contributed by atoms with van der Waals surface area (Å²) in [7, 11) is 1.64. The Morgan fingerprint density at radius 2 is 1.89 bits per heavy atom. The normalized spacial score (nSPS) is 13.5. The molecule has 0 atom stereocenters. The van der Waals surface area contributed by atoms with Gasteiger partial charge in [-0.25, -0.2) is 8.78 Å². The molecule has 0 rings (SSSR count). The molecular weight excluding hydrogens is 238 g/mol. The highest BCUT2D eigenvalue weighted by molar-refractivity contribution is 5.12. The highest BCUT2D eigenvalue weighted by Crippen LogP contribution is 2.13. The van der Waals surface area contributed by atoms with E-state index >= 15 is 0 Å². The van der Waals surface area contributed by atoms with Gasteiger partial charge in [0.15, 0.2) is 0 Å². The summed E-state index contributed by atoms with van der Waals surface area (Å²) in [6, 6.07) is 0. The van der Waals surface area contributed by atoms with E-state index in [1.807, 2.05) is 6.92 Å². The van der Waals surface area contributed by atoms with Crippen molar-refractivity contribution in [3.8, 4) is 0 Å². The van der Waals surface area contributed by atoms with Crippen molar-refractivity contribution in [3.05, 3.63) is 23.8 Å². The lowest BCUT2D eigenvalue weighted by molar-refractivity contribution is 0.0688. The summed E-state index contributed by atoms with van der Waals surface area (Å²) in [5, 5.41) is 0. The minimum Gasteiger partial charge on any atom is -0.382 e. The van der Waals surface area contributed by atoms with Crippen LogP contribution in [0.2, 0.25) is 0 Å². The van der Waals surface area contributed by atoms with Crippen LogP contribution >= 0.6 is 0 Å². The second-order valence-electron chi connectivity index (χ2n) is 4.39. The second-order valence-corrected chi connectivity index (χ2v) is 4.39.